The summed E-state index contributed by atoms with van der Waals surface area (Å²) in [5, 5.41) is 10.4. The second-order valence-corrected chi connectivity index (χ2v) is 9.00. The fraction of sp³-hybridized carbons (Fsp3) is 0.0909. The molecule has 2 heterocycles. The summed E-state index contributed by atoms with van der Waals surface area (Å²) < 4.78 is 3.84. The first-order valence-electron chi connectivity index (χ1n) is 9.53. The van der Waals surface area contributed by atoms with Crippen LogP contribution in [0.3, 0.4) is 0 Å². The molecule has 0 spiro atoms. The van der Waals surface area contributed by atoms with Crippen LogP contribution in [0, 0.1) is 17.8 Å². The van der Waals surface area contributed by atoms with Crippen molar-refractivity contribution in [3.05, 3.63) is 79.8 Å². The number of amides is 1. The van der Waals surface area contributed by atoms with Crippen LogP contribution in [0.1, 0.15) is 21.1 Å². The smallest absolute Gasteiger partial charge is 0.292 e. The molecule has 0 unspecified atom stereocenters. The first kappa shape index (κ1) is 21.9. The number of aryl methyl sites for hydroxylation is 1. The second-order valence-electron chi connectivity index (χ2n) is 6.92. The Morgan fingerprint density at radius 1 is 1.16 bits per heavy atom. The van der Waals surface area contributed by atoms with Crippen molar-refractivity contribution in [3.8, 4) is 11.4 Å². The Bertz CT molecular complexity index is 1370. The number of thiazole rings is 1. The minimum absolute atomic E-state index is 0.228. The first-order valence-corrected chi connectivity index (χ1v) is 11.1. The minimum atomic E-state index is -0.430. The van der Waals surface area contributed by atoms with E-state index in [4.69, 9.17) is 29.6 Å². The quantitative estimate of drug-likeness (QED) is 0.229. The Morgan fingerprint density at radius 3 is 2.44 bits per heavy atom. The van der Waals surface area contributed by atoms with Gasteiger partial charge in [0.25, 0.3) is 5.91 Å². The van der Waals surface area contributed by atoms with Gasteiger partial charge in [-0.2, -0.15) is 15.2 Å². The second kappa shape index (κ2) is 8.70. The number of anilines is 2. The molecule has 0 aliphatic carbocycles. The van der Waals surface area contributed by atoms with E-state index < -0.39 is 5.91 Å². The molecule has 4 rings (SSSR count). The molecule has 0 aliphatic rings. The van der Waals surface area contributed by atoms with E-state index in [0.29, 0.717) is 20.4 Å². The third-order valence-electron chi connectivity index (χ3n) is 4.92. The van der Waals surface area contributed by atoms with Crippen molar-refractivity contribution in [2.24, 2.45) is 5.10 Å². The maximum Gasteiger partial charge on any atom is 0.292 e. The average molecular weight is 483 g/mol. The van der Waals surface area contributed by atoms with E-state index in [1.807, 2.05) is 44.2 Å². The highest BCUT2D eigenvalue weighted by Gasteiger charge is 2.28. The molecule has 0 saturated carbocycles. The van der Waals surface area contributed by atoms with Crippen LogP contribution in [0.5, 0.6) is 0 Å². The third kappa shape index (κ3) is 3.75. The SMILES string of the molecule is C=NN(C(=O)c1sc(=S)n(-c2ccc(Cl)cc2)c1N)c1c(C)nn(-c2ccccc2)c1C. The van der Waals surface area contributed by atoms with Crippen molar-refractivity contribution in [2.75, 3.05) is 10.7 Å². The molecule has 0 radical (unpaired) electrons. The van der Waals surface area contributed by atoms with Crippen molar-refractivity contribution in [1.82, 2.24) is 14.3 Å². The van der Waals surface area contributed by atoms with Crippen molar-refractivity contribution < 1.29 is 4.79 Å². The number of hydrazone groups is 1. The summed E-state index contributed by atoms with van der Waals surface area (Å²) in [6.45, 7) is 7.30. The summed E-state index contributed by atoms with van der Waals surface area (Å²) in [6.07, 6.45) is 0. The molecule has 2 aromatic heterocycles. The topological polar surface area (TPSA) is 81.4 Å². The van der Waals surface area contributed by atoms with E-state index >= 15 is 0 Å². The number of aromatic nitrogens is 3. The lowest BCUT2D eigenvalue weighted by Gasteiger charge is -2.17. The van der Waals surface area contributed by atoms with Gasteiger partial charge < -0.3 is 5.73 Å². The van der Waals surface area contributed by atoms with Crippen LogP contribution in [-0.2, 0) is 0 Å². The minimum Gasteiger partial charge on any atom is -0.383 e. The van der Waals surface area contributed by atoms with Crippen molar-refractivity contribution in [1.29, 1.82) is 0 Å². The van der Waals surface area contributed by atoms with E-state index in [1.165, 1.54) is 5.01 Å². The molecule has 162 valence electrons. The van der Waals surface area contributed by atoms with Crippen LogP contribution in [0.25, 0.3) is 11.4 Å². The molecule has 0 atom stereocenters. The summed E-state index contributed by atoms with van der Waals surface area (Å²) in [6, 6.07) is 16.7. The highest BCUT2D eigenvalue weighted by molar-refractivity contribution is 7.73. The lowest BCUT2D eigenvalue weighted by atomic mass is 10.2. The fourth-order valence-electron chi connectivity index (χ4n) is 3.47. The van der Waals surface area contributed by atoms with E-state index in [0.717, 1.165) is 28.4 Å². The Balaban J connectivity index is 1.78. The molecule has 0 saturated heterocycles. The summed E-state index contributed by atoms with van der Waals surface area (Å²) in [5.74, 6) is -0.202. The Kier molecular flexibility index (Phi) is 5.96. The lowest BCUT2D eigenvalue weighted by molar-refractivity contribution is 0.0992. The van der Waals surface area contributed by atoms with Gasteiger partial charge in [-0.05, 0) is 62.5 Å². The maximum absolute atomic E-state index is 13.5. The molecule has 1 amide bonds. The number of rotatable bonds is 5. The van der Waals surface area contributed by atoms with Crippen LogP contribution < -0.4 is 10.7 Å². The normalized spacial score (nSPS) is 10.8. The van der Waals surface area contributed by atoms with Gasteiger partial charge in [-0.3, -0.25) is 9.36 Å². The zero-order valence-electron chi connectivity index (χ0n) is 17.3. The highest BCUT2D eigenvalue weighted by atomic mass is 35.5. The summed E-state index contributed by atoms with van der Waals surface area (Å²) in [4.78, 5) is 13.8. The Morgan fingerprint density at radius 2 is 1.81 bits per heavy atom. The lowest BCUT2D eigenvalue weighted by Crippen LogP contribution is -2.26. The van der Waals surface area contributed by atoms with Gasteiger partial charge in [-0.1, -0.05) is 41.1 Å². The number of halogens is 1. The van der Waals surface area contributed by atoms with Crippen LogP contribution >= 0.6 is 35.2 Å². The van der Waals surface area contributed by atoms with Crippen LogP contribution in [-0.4, -0.2) is 27.0 Å². The van der Waals surface area contributed by atoms with Gasteiger partial charge in [0.15, 0.2) is 3.95 Å². The van der Waals surface area contributed by atoms with Crippen molar-refractivity contribution in [3.63, 3.8) is 0 Å². The summed E-state index contributed by atoms with van der Waals surface area (Å²) in [7, 11) is 0. The van der Waals surface area contributed by atoms with Crippen molar-refractivity contribution in [2.45, 2.75) is 13.8 Å². The van der Waals surface area contributed by atoms with Gasteiger partial charge >= 0.3 is 0 Å². The number of benzene rings is 2. The monoisotopic (exact) mass is 482 g/mol. The van der Waals surface area contributed by atoms with Crippen LogP contribution in [0.15, 0.2) is 59.7 Å². The van der Waals surface area contributed by atoms with E-state index in [2.05, 4.69) is 16.9 Å². The zero-order valence-corrected chi connectivity index (χ0v) is 19.7. The van der Waals surface area contributed by atoms with E-state index in [-0.39, 0.29) is 10.7 Å². The van der Waals surface area contributed by atoms with Crippen LogP contribution in [0.2, 0.25) is 5.02 Å². The predicted molar refractivity (Wildman–Crippen MR) is 133 cm³/mol. The number of hydrogen-bond acceptors (Lipinski definition) is 6. The molecule has 0 aliphatic heterocycles. The van der Waals surface area contributed by atoms with E-state index in [9.17, 15) is 4.79 Å². The Hall–Kier alpha value is -3.27. The van der Waals surface area contributed by atoms with Gasteiger partial charge in [0.2, 0.25) is 0 Å². The summed E-state index contributed by atoms with van der Waals surface area (Å²) >= 11 is 12.6. The molecule has 0 bridgehead atoms. The largest absolute Gasteiger partial charge is 0.383 e. The van der Waals surface area contributed by atoms with Gasteiger partial charge in [-0.15, -0.1) is 0 Å². The molecular formula is C22H19ClN6OS2. The molecular weight excluding hydrogens is 464 g/mol. The first-order chi connectivity index (χ1) is 15.3. The predicted octanol–water partition coefficient (Wildman–Crippen LogP) is 5.57. The standard InChI is InChI=1S/C22H19ClN6OS2/c1-13-18(14(2)28(26-13)17-7-5-4-6-8-17)29(25-3)21(30)19-20(24)27(22(31)32-19)16-11-9-15(23)10-12-16/h4-12H,3,24H2,1-2H3. The highest BCUT2D eigenvalue weighted by Crippen LogP contribution is 2.33. The maximum atomic E-state index is 13.5. The molecule has 10 heteroatoms. The summed E-state index contributed by atoms with van der Waals surface area (Å²) in [5.41, 5.74) is 9.88. The van der Waals surface area contributed by atoms with Gasteiger partial charge in [-0.25, -0.2) is 4.68 Å². The van der Waals surface area contributed by atoms with Gasteiger partial charge in [0, 0.05) is 17.4 Å². The van der Waals surface area contributed by atoms with Crippen LogP contribution in [0.4, 0.5) is 11.5 Å². The molecule has 2 aromatic carbocycles. The number of nitrogens with zero attached hydrogens (tertiary/aromatic N) is 5. The van der Waals surface area contributed by atoms with Gasteiger partial charge in [0.05, 0.1) is 17.1 Å². The number of nitrogen functional groups attached to an aromatic ring is 1. The van der Waals surface area contributed by atoms with Crippen molar-refractivity contribution >= 4 is 59.3 Å². The number of nitrogens with two attached hydrogens (primary N) is 1. The van der Waals surface area contributed by atoms with E-state index in [1.54, 1.807) is 33.5 Å². The zero-order chi connectivity index (χ0) is 23.0. The molecule has 32 heavy (non-hydrogen) atoms. The number of carbonyl (C=O) groups excluding carboxylic acids is 1. The molecule has 2 N–H and O–H groups in total. The number of carbonyl (C=O) groups is 1. The molecule has 4 aromatic rings. The average Bonchev–Trinajstić information content (AvgIpc) is 3.25. The fourth-order valence-corrected chi connectivity index (χ4v) is 4.89. The molecule has 7 nitrogen and oxygen atoms in total. The molecule has 0 fully saturated rings. The van der Waals surface area contributed by atoms with Gasteiger partial charge in [0.1, 0.15) is 16.4 Å². The number of para-hydroxylation sites is 1. The third-order valence-corrected chi connectivity index (χ3v) is 6.55. The Labute approximate surface area is 199 Å². The number of hydrogen-bond donors (Lipinski definition) is 1.